The Morgan fingerprint density at radius 2 is 1.96 bits per heavy atom. The van der Waals surface area contributed by atoms with Crippen molar-refractivity contribution in [3.63, 3.8) is 0 Å². The number of hydrogen-bond acceptors (Lipinski definition) is 5. The van der Waals surface area contributed by atoms with Gasteiger partial charge in [0.1, 0.15) is 16.5 Å². The zero-order valence-electron chi connectivity index (χ0n) is 15.0. The summed E-state index contributed by atoms with van der Waals surface area (Å²) in [6.45, 7) is 1.34. The number of benzene rings is 1. The first kappa shape index (κ1) is 18.8. The predicted octanol–water partition coefficient (Wildman–Crippen LogP) is 3.89. The number of rotatable bonds is 4. The zero-order chi connectivity index (χ0) is 19.5. The van der Waals surface area contributed by atoms with E-state index in [-0.39, 0.29) is 30.6 Å². The van der Waals surface area contributed by atoms with Crippen LogP contribution in [-0.2, 0) is 11.3 Å². The molecule has 5 nitrogen and oxygen atoms in total. The molecule has 0 unspecified atom stereocenters. The minimum absolute atomic E-state index is 0.0731. The highest BCUT2D eigenvalue weighted by Crippen LogP contribution is 2.28. The molecule has 1 aliphatic rings. The number of hydrogen-bond donors (Lipinski definition) is 0. The lowest BCUT2D eigenvalue weighted by Crippen LogP contribution is -2.36. The van der Waals surface area contributed by atoms with Crippen molar-refractivity contribution in [2.75, 3.05) is 19.6 Å². The molecule has 2 aromatic heterocycles. The molecule has 4 rings (SSSR count). The highest BCUT2D eigenvalue weighted by atomic mass is 32.1. The molecule has 0 bridgehead atoms. The third-order valence-electron chi connectivity index (χ3n) is 4.65. The summed E-state index contributed by atoms with van der Waals surface area (Å²) in [4.78, 5) is 34.1. The van der Waals surface area contributed by atoms with Crippen molar-refractivity contribution in [1.29, 1.82) is 0 Å². The summed E-state index contributed by atoms with van der Waals surface area (Å²) in [5.41, 5.74) is 0.888. The third kappa shape index (κ3) is 3.98. The molecule has 1 fully saturated rings. The van der Waals surface area contributed by atoms with Crippen LogP contribution in [0.1, 0.15) is 22.5 Å². The van der Waals surface area contributed by atoms with Crippen molar-refractivity contribution >= 4 is 34.5 Å². The van der Waals surface area contributed by atoms with Crippen LogP contribution in [0, 0.1) is 5.82 Å². The minimum atomic E-state index is -0.323. The molecule has 0 saturated carbocycles. The van der Waals surface area contributed by atoms with Gasteiger partial charge in [0.2, 0.25) is 5.91 Å². The van der Waals surface area contributed by atoms with Crippen LogP contribution >= 0.6 is 22.7 Å². The molecule has 0 radical (unpaired) electrons. The number of amides is 2. The summed E-state index contributed by atoms with van der Waals surface area (Å²) < 4.78 is 13.9. The second-order valence-electron chi connectivity index (χ2n) is 6.46. The van der Waals surface area contributed by atoms with Gasteiger partial charge in [-0.1, -0.05) is 24.3 Å². The molecule has 0 N–H and O–H groups in total. The van der Waals surface area contributed by atoms with E-state index in [1.54, 1.807) is 44.7 Å². The molecule has 1 aliphatic heterocycles. The number of carbonyl (C=O) groups is 2. The summed E-state index contributed by atoms with van der Waals surface area (Å²) in [6, 6.07) is 10.4. The van der Waals surface area contributed by atoms with E-state index in [2.05, 4.69) is 4.98 Å². The van der Waals surface area contributed by atoms with Gasteiger partial charge in [0.25, 0.3) is 5.91 Å². The first-order valence-corrected chi connectivity index (χ1v) is 10.7. The van der Waals surface area contributed by atoms with Crippen LogP contribution < -0.4 is 0 Å². The van der Waals surface area contributed by atoms with E-state index < -0.39 is 0 Å². The summed E-state index contributed by atoms with van der Waals surface area (Å²) in [6.07, 6.45) is 0.224. The minimum Gasteiger partial charge on any atom is -0.336 e. The van der Waals surface area contributed by atoms with Crippen LogP contribution in [0.3, 0.4) is 0 Å². The van der Waals surface area contributed by atoms with E-state index in [9.17, 15) is 14.0 Å². The van der Waals surface area contributed by atoms with Crippen LogP contribution in [-0.4, -0.2) is 46.2 Å². The molecule has 144 valence electrons. The maximum absolute atomic E-state index is 13.9. The summed E-state index contributed by atoms with van der Waals surface area (Å²) in [5, 5.41) is 4.56. The van der Waals surface area contributed by atoms with E-state index in [0.29, 0.717) is 30.9 Å². The van der Waals surface area contributed by atoms with Crippen LogP contribution in [0.4, 0.5) is 4.39 Å². The Labute approximate surface area is 170 Å². The van der Waals surface area contributed by atoms with Gasteiger partial charge >= 0.3 is 0 Å². The van der Waals surface area contributed by atoms with Gasteiger partial charge in [-0.05, 0) is 17.5 Å². The van der Waals surface area contributed by atoms with Crippen molar-refractivity contribution < 1.29 is 14.0 Å². The van der Waals surface area contributed by atoms with Gasteiger partial charge in [-0.3, -0.25) is 9.59 Å². The molecule has 3 aromatic rings. The molecule has 3 heterocycles. The van der Waals surface area contributed by atoms with Crippen LogP contribution in [0.5, 0.6) is 0 Å². The Morgan fingerprint density at radius 3 is 2.75 bits per heavy atom. The molecular weight excluding hydrogens is 397 g/mol. The maximum Gasteiger partial charge on any atom is 0.273 e. The lowest BCUT2D eigenvalue weighted by molar-refractivity contribution is -0.130. The average molecular weight is 416 g/mol. The van der Waals surface area contributed by atoms with Crippen molar-refractivity contribution in [2.24, 2.45) is 0 Å². The fraction of sp³-hybridized carbons (Fsp3) is 0.250. The molecule has 0 aliphatic carbocycles. The van der Waals surface area contributed by atoms with E-state index in [1.165, 1.54) is 17.4 Å². The SMILES string of the molecule is O=C1CCN(C(=O)c2csc(-c3cccs3)n2)CCN1Cc1ccccc1F. The van der Waals surface area contributed by atoms with Gasteiger partial charge in [-0.25, -0.2) is 9.37 Å². The number of thiazole rings is 1. The van der Waals surface area contributed by atoms with Crippen molar-refractivity contribution in [3.8, 4) is 9.88 Å². The van der Waals surface area contributed by atoms with Crippen molar-refractivity contribution in [3.05, 3.63) is 64.2 Å². The molecule has 0 atom stereocenters. The monoisotopic (exact) mass is 415 g/mol. The Hall–Kier alpha value is -2.58. The smallest absolute Gasteiger partial charge is 0.273 e. The molecule has 28 heavy (non-hydrogen) atoms. The first-order valence-electron chi connectivity index (χ1n) is 8.91. The van der Waals surface area contributed by atoms with Gasteiger partial charge in [0.15, 0.2) is 0 Å². The molecule has 8 heteroatoms. The summed E-state index contributed by atoms with van der Waals surface area (Å²) in [5.74, 6) is -0.563. The normalized spacial score (nSPS) is 15.0. The summed E-state index contributed by atoms with van der Waals surface area (Å²) >= 11 is 3.03. The van der Waals surface area contributed by atoms with E-state index in [4.69, 9.17) is 0 Å². The van der Waals surface area contributed by atoms with Gasteiger partial charge in [0, 0.05) is 43.5 Å². The van der Waals surface area contributed by atoms with Crippen molar-refractivity contribution in [2.45, 2.75) is 13.0 Å². The summed E-state index contributed by atoms with van der Waals surface area (Å²) in [7, 11) is 0. The van der Waals surface area contributed by atoms with E-state index >= 15 is 0 Å². The topological polar surface area (TPSA) is 53.5 Å². The Balaban J connectivity index is 1.44. The third-order valence-corrected chi connectivity index (χ3v) is 6.53. The number of halogens is 1. The second-order valence-corrected chi connectivity index (χ2v) is 8.27. The van der Waals surface area contributed by atoms with E-state index in [0.717, 1.165) is 9.88 Å². The number of aromatic nitrogens is 1. The Morgan fingerprint density at radius 1 is 1.11 bits per heavy atom. The lowest BCUT2D eigenvalue weighted by atomic mass is 10.2. The number of carbonyl (C=O) groups excluding carboxylic acids is 2. The molecule has 0 spiro atoms. The second kappa shape index (κ2) is 8.20. The van der Waals surface area contributed by atoms with Crippen molar-refractivity contribution in [1.82, 2.24) is 14.8 Å². The van der Waals surface area contributed by atoms with Gasteiger partial charge in [-0.15, -0.1) is 22.7 Å². The van der Waals surface area contributed by atoms with E-state index in [1.807, 2.05) is 17.5 Å². The van der Waals surface area contributed by atoms with Crippen LogP contribution in [0.2, 0.25) is 0 Å². The molecule has 1 aromatic carbocycles. The first-order chi connectivity index (χ1) is 13.6. The number of thiophene rings is 1. The Bertz CT molecular complexity index is 987. The lowest BCUT2D eigenvalue weighted by Gasteiger charge is -2.22. The molecular formula is C20H18FN3O2S2. The van der Waals surface area contributed by atoms with Crippen LogP contribution in [0.15, 0.2) is 47.2 Å². The predicted molar refractivity (Wildman–Crippen MR) is 108 cm³/mol. The quantitative estimate of drug-likeness (QED) is 0.650. The highest BCUT2D eigenvalue weighted by Gasteiger charge is 2.26. The van der Waals surface area contributed by atoms with Gasteiger partial charge < -0.3 is 9.80 Å². The highest BCUT2D eigenvalue weighted by molar-refractivity contribution is 7.20. The van der Waals surface area contributed by atoms with Gasteiger partial charge in [-0.2, -0.15) is 0 Å². The standard InChI is InChI=1S/C20H18FN3O2S2/c21-15-5-2-1-4-14(15)12-24-10-9-23(8-7-18(24)25)20(26)16-13-28-19(22-16)17-6-3-11-27-17/h1-6,11,13H,7-10,12H2. The molecule has 2 amide bonds. The maximum atomic E-state index is 13.9. The Kier molecular flexibility index (Phi) is 5.50. The zero-order valence-corrected chi connectivity index (χ0v) is 16.6. The average Bonchev–Trinajstić information content (AvgIpc) is 3.36. The fourth-order valence-corrected chi connectivity index (χ4v) is 4.72. The number of nitrogens with zero attached hydrogens (tertiary/aromatic N) is 3. The largest absolute Gasteiger partial charge is 0.336 e. The molecule has 1 saturated heterocycles. The van der Waals surface area contributed by atoms with Gasteiger partial charge in [0.05, 0.1) is 4.88 Å². The van der Waals surface area contributed by atoms with Crippen LogP contribution in [0.25, 0.3) is 9.88 Å². The fourth-order valence-electron chi connectivity index (χ4n) is 3.12.